The minimum Gasteiger partial charge on any atom is -0.497 e. The van der Waals surface area contributed by atoms with Crippen molar-refractivity contribution in [2.24, 2.45) is 0 Å². The smallest absolute Gasteiger partial charge is 0.403 e. The highest BCUT2D eigenvalue weighted by Crippen LogP contribution is 2.21. The van der Waals surface area contributed by atoms with Crippen molar-refractivity contribution < 1.29 is 23.8 Å². The Morgan fingerprint density at radius 2 is 1.53 bits per heavy atom. The van der Waals surface area contributed by atoms with Gasteiger partial charge in [-0.2, -0.15) is 0 Å². The van der Waals surface area contributed by atoms with Crippen LogP contribution in [0.3, 0.4) is 0 Å². The van der Waals surface area contributed by atoms with Crippen LogP contribution >= 0.6 is 23.2 Å². The van der Waals surface area contributed by atoms with Crippen molar-refractivity contribution in [3.8, 4) is 5.75 Å². The Hall–Kier alpha value is -1.46. The highest BCUT2D eigenvalue weighted by atomic mass is 35.5. The van der Waals surface area contributed by atoms with E-state index in [0.29, 0.717) is 5.75 Å². The van der Waals surface area contributed by atoms with Gasteiger partial charge in [-0.1, -0.05) is 12.1 Å². The zero-order valence-corrected chi connectivity index (χ0v) is 11.6. The van der Waals surface area contributed by atoms with Crippen LogP contribution < -0.4 is 4.74 Å². The minimum absolute atomic E-state index is 0.0150. The van der Waals surface area contributed by atoms with Crippen LogP contribution in [0.15, 0.2) is 24.3 Å². The molecule has 1 rings (SSSR count). The monoisotopic (exact) mass is 306 g/mol. The van der Waals surface area contributed by atoms with Crippen LogP contribution in [-0.4, -0.2) is 31.2 Å². The molecule has 0 unspecified atom stereocenters. The predicted molar refractivity (Wildman–Crippen MR) is 70.1 cm³/mol. The van der Waals surface area contributed by atoms with Crippen LogP contribution in [0.2, 0.25) is 0 Å². The number of carbonyl (C=O) groups excluding carboxylic acids is 2. The Morgan fingerprint density at radius 3 is 1.89 bits per heavy atom. The van der Waals surface area contributed by atoms with Gasteiger partial charge < -0.3 is 14.2 Å². The van der Waals surface area contributed by atoms with Crippen molar-refractivity contribution in [2.45, 2.75) is 5.92 Å². The number of ether oxygens (including phenoxy) is 3. The lowest BCUT2D eigenvalue weighted by Crippen LogP contribution is -2.16. The van der Waals surface area contributed by atoms with E-state index < -0.39 is 10.9 Å². The van der Waals surface area contributed by atoms with E-state index in [1.807, 2.05) is 0 Å². The summed E-state index contributed by atoms with van der Waals surface area (Å²) in [6.07, 6.45) is 0. The number of hydrogen-bond acceptors (Lipinski definition) is 5. The van der Waals surface area contributed by atoms with Gasteiger partial charge in [0, 0.05) is 23.2 Å². The van der Waals surface area contributed by atoms with Crippen molar-refractivity contribution in [3.63, 3.8) is 0 Å². The van der Waals surface area contributed by atoms with Gasteiger partial charge >= 0.3 is 10.9 Å². The van der Waals surface area contributed by atoms with Crippen molar-refractivity contribution in [1.29, 1.82) is 0 Å². The maximum atomic E-state index is 10.6. The molecule has 0 N–H and O–H groups in total. The molecule has 0 heterocycles. The fourth-order valence-electron chi connectivity index (χ4n) is 1.45. The van der Waals surface area contributed by atoms with Gasteiger partial charge in [-0.05, 0) is 17.7 Å². The van der Waals surface area contributed by atoms with Crippen LogP contribution in [0.4, 0.5) is 9.59 Å². The molecule has 0 aliphatic carbocycles. The number of halogens is 2. The fourth-order valence-corrected chi connectivity index (χ4v) is 1.57. The molecule has 0 aliphatic heterocycles. The number of carbonyl (C=O) groups is 2. The second-order valence-corrected chi connectivity index (χ2v) is 4.18. The number of methoxy groups -OCH3 is 1. The van der Waals surface area contributed by atoms with Crippen molar-refractivity contribution >= 4 is 34.1 Å². The molecular weight excluding hydrogens is 295 g/mol. The summed E-state index contributed by atoms with van der Waals surface area (Å²) in [6.45, 7) is -0.0301. The van der Waals surface area contributed by atoms with E-state index >= 15 is 0 Å². The lowest BCUT2D eigenvalue weighted by Gasteiger charge is -2.16. The highest BCUT2D eigenvalue weighted by Gasteiger charge is 2.16. The largest absolute Gasteiger partial charge is 0.497 e. The van der Waals surface area contributed by atoms with Gasteiger partial charge in [0.05, 0.1) is 13.0 Å². The summed E-state index contributed by atoms with van der Waals surface area (Å²) in [5.74, 6) is 0.336. The summed E-state index contributed by atoms with van der Waals surface area (Å²) in [6, 6.07) is 7.03. The Morgan fingerprint density at radius 1 is 1.05 bits per heavy atom. The summed E-state index contributed by atoms with van der Waals surface area (Å²) in [4.78, 5) is 21.2. The van der Waals surface area contributed by atoms with E-state index in [-0.39, 0.29) is 19.1 Å². The molecule has 0 spiro atoms. The summed E-state index contributed by atoms with van der Waals surface area (Å²) >= 11 is 10.2. The molecule has 19 heavy (non-hydrogen) atoms. The van der Waals surface area contributed by atoms with Crippen LogP contribution in [0, 0.1) is 0 Å². The van der Waals surface area contributed by atoms with Crippen molar-refractivity contribution in [3.05, 3.63) is 29.8 Å². The zero-order chi connectivity index (χ0) is 14.3. The molecule has 104 valence electrons. The normalized spacial score (nSPS) is 10.1. The third-order valence-corrected chi connectivity index (χ3v) is 2.60. The molecule has 5 nitrogen and oxygen atoms in total. The van der Waals surface area contributed by atoms with Crippen LogP contribution in [0.25, 0.3) is 0 Å². The fraction of sp³-hybridized carbons (Fsp3) is 0.333. The Bertz CT molecular complexity index is 414. The molecule has 0 aromatic heterocycles. The highest BCUT2D eigenvalue weighted by molar-refractivity contribution is 6.61. The van der Waals surface area contributed by atoms with Gasteiger partial charge in [0.15, 0.2) is 0 Å². The molecule has 7 heteroatoms. The van der Waals surface area contributed by atoms with Crippen LogP contribution in [0.1, 0.15) is 11.5 Å². The lowest BCUT2D eigenvalue weighted by molar-refractivity contribution is 0.131. The lowest BCUT2D eigenvalue weighted by atomic mass is 10.0. The third kappa shape index (κ3) is 5.81. The molecule has 0 saturated heterocycles. The number of rotatable bonds is 6. The standard InChI is InChI=1S/C12H12Cl2O5/c1-17-10-4-2-8(3-5-10)9(6-18-11(13)15)7-19-12(14)16/h2-5,9H,6-7H2,1H3. The third-order valence-electron chi connectivity index (χ3n) is 2.38. The predicted octanol–water partition coefficient (Wildman–Crippen LogP) is 3.53. The summed E-state index contributed by atoms with van der Waals surface area (Å²) < 4.78 is 14.4. The first-order chi connectivity index (χ1) is 9.02. The molecule has 0 amide bonds. The minimum atomic E-state index is -0.921. The Labute approximate surface area is 120 Å². The summed E-state index contributed by atoms with van der Waals surface area (Å²) in [7, 11) is 1.55. The molecule has 0 fully saturated rings. The van der Waals surface area contributed by atoms with Gasteiger partial charge in [-0.25, -0.2) is 9.59 Å². The van der Waals surface area contributed by atoms with E-state index in [2.05, 4.69) is 0 Å². The maximum Gasteiger partial charge on any atom is 0.403 e. The van der Waals surface area contributed by atoms with Crippen LogP contribution in [0.5, 0.6) is 5.75 Å². The van der Waals surface area contributed by atoms with E-state index in [1.165, 1.54) is 0 Å². The second-order valence-electron chi connectivity index (χ2n) is 3.57. The Kier molecular flexibility index (Phi) is 6.45. The molecule has 0 radical (unpaired) electrons. The summed E-state index contributed by atoms with van der Waals surface area (Å²) in [5, 5.41) is 0. The first-order valence-corrected chi connectivity index (χ1v) is 6.07. The average molecular weight is 307 g/mol. The van der Waals surface area contributed by atoms with E-state index in [0.717, 1.165) is 5.56 Å². The number of benzene rings is 1. The van der Waals surface area contributed by atoms with Crippen molar-refractivity contribution in [1.82, 2.24) is 0 Å². The van der Waals surface area contributed by atoms with E-state index in [1.54, 1.807) is 31.4 Å². The molecule has 0 aliphatic rings. The van der Waals surface area contributed by atoms with Gasteiger partial charge in [-0.15, -0.1) is 0 Å². The van der Waals surface area contributed by atoms with Crippen LogP contribution in [-0.2, 0) is 9.47 Å². The molecule has 0 saturated carbocycles. The Balaban J connectivity index is 2.74. The van der Waals surface area contributed by atoms with Gasteiger partial charge in [0.25, 0.3) is 0 Å². The topological polar surface area (TPSA) is 61.8 Å². The van der Waals surface area contributed by atoms with Gasteiger partial charge in [0.1, 0.15) is 19.0 Å². The number of hydrogen-bond donors (Lipinski definition) is 0. The average Bonchev–Trinajstić information content (AvgIpc) is 2.38. The summed E-state index contributed by atoms with van der Waals surface area (Å²) in [5.41, 5.74) is -1.04. The first kappa shape index (κ1) is 15.6. The second kappa shape index (κ2) is 7.86. The SMILES string of the molecule is COc1ccc(C(COC(=O)Cl)COC(=O)Cl)cc1. The van der Waals surface area contributed by atoms with Gasteiger partial charge in [0.2, 0.25) is 0 Å². The van der Waals surface area contributed by atoms with Gasteiger partial charge in [-0.3, -0.25) is 0 Å². The molecular formula is C12H12Cl2O5. The molecule has 0 bridgehead atoms. The van der Waals surface area contributed by atoms with Crippen molar-refractivity contribution in [2.75, 3.05) is 20.3 Å². The molecule has 0 atom stereocenters. The molecule has 1 aromatic rings. The maximum absolute atomic E-state index is 10.6. The molecule has 1 aromatic carbocycles. The van der Waals surface area contributed by atoms with E-state index in [4.69, 9.17) is 37.4 Å². The first-order valence-electron chi connectivity index (χ1n) is 5.31. The van der Waals surface area contributed by atoms with E-state index in [9.17, 15) is 9.59 Å². The zero-order valence-electron chi connectivity index (χ0n) is 10.1. The quantitative estimate of drug-likeness (QED) is 0.752.